The summed E-state index contributed by atoms with van der Waals surface area (Å²) in [4.78, 5) is 14.6. The van der Waals surface area contributed by atoms with Gasteiger partial charge in [0.25, 0.3) is 0 Å². The molecule has 0 unspecified atom stereocenters. The van der Waals surface area contributed by atoms with E-state index in [1.807, 2.05) is 0 Å². The lowest BCUT2D eigenvalue weighted by molar-refractivity contribution is 0.112. The molecule has 0 saturated heterocycles. The molecule has 0 spiro atoms. The minimum atomic E-state index is -0.387. The summed E-state index contributed by atoms with van der Waals surface area (Å²) in [7, 11) is 1.51. The number of benzene rings is 1. The van der Waals surface area contributed by atoms with E-state index < -0.39 is 0 Å². The Labute approximate surface area is 97.9 Å². The van der Waals surface area contributed by atoms with Gasteiger partial charge in [0.2, 0.25) is 5.88 Å². The summed E-state index contributed by atoms with van der Waals surface area (Å²) in [6.45, 7) is 0. The summed E-state index contributed by atoms with van der Waals surface area (Å²) in [6, 6.07) is 7.53. The van der Waals surface area contributed by atoms with Crippen LogP contribution in [0.5, 0.6) is 5.88 Å². The molecular formula is C13H10FNO2. The van der Waals surface area contributed by atoms with E-state index in [0.717, 1.165) is 0 Å². The summed E-state index contributed by atoms with van der Waals surface area (Å²) in [5.74, 6) is 0.0725. The molecule has 2 aromatic rings. The van der Waals surface area contributed by atoms with Crippen molar-refractivity contribution in [3.8, 4) is 17.0 Å². The molecule has 0 amide bonds. The summed E-state index contributed by atoms with van der Waals surface area (Å²) in [5.41, 5.74) is 1.38. The number of halogens is 1. The van der Waals surface area contributed by atoms with Crippen LogP contribution in [-0.4, -0.2) is 18.4 Å². The standard InChI is InChI=1S/C13H10FNO2/c1-17-13-5-3-10(7-15-13)11-6-9(8-16)2-4-12(11)14/h2-8H,1H3. The van der Waals surface area contributed by atoms with Crippen LogP contribution in [-0.2, 0) is 0 Å². The van der Waals surface area contributed by atoms with Gasteiger partial charge in [0.15, 0.2) is 0 Å². The van der Waals surface area contributed by atoms with Crippen molar-refractivity contribution in [2.24, 2.45) is 0 Å². The molecule has 0 aliphatic carbocycles. The van der Waals surface area contributed by atoms with Gasteiger partial charge in [0.1, 0.15) is 12.1 Å². The number of carbonyl (C=O) groups excluding carboxylic acids is 1. The lowest BCUT2D eigenvalue weighted by Gasteiger charge is -2.05. The topological polar surface area (TPSA) is 39.2 Å². The zero-order valence-corrected chi connectivity index (χ0v) is 9.18. The average molecular weight is 231 g/mol. The van der Waals surface area contributed by atoms with E-state index in [9.17, 15) is 9.18 Å². The van der Waals surface area contributed by atoms with Gasteiger partial charge in [-0.25, -0.2) is 9.37 Å². The third-order valence-corrected chi connectivity index (χ3v) is 2.38. The highest BCUT2D eigenvalue weighted by Gasteiger charge is 2.06. The SMILES string of the molecule is COc1ccc(-c2cc(C=O)ccc2F)cn1. The highest BCUT2D eigenvalue weighted by atomic mass is 19.1. The Hall–Kier alpha value is -2.23. The Morgan fingerprint density at radius 3 is 2.71 bits per heavy atom. The predicted molar refractivity (Wildman–Crippen MR) is 61.6 cm³/mol. The van der Waals surface area contributed by atoms with Gasteiger partial charge in [-0.05, 0) is 24.3 Å². The van der Waals surface area contributed by atoms with Gasteiger partial charge in [0.05, 0.1) is 7.11 Å². The van der Waals surface area contributed by atoms with Crippen molar-refractivity contribution in [3.05, 3.63) is 47.9 Å². The van der Waals surface area contributed by atoms with E-state index in [0.29, 0.717) is 28.9 Å². The second-order valence-corrected chi connectivity index (χ2v) is 3.45. The number of hydrogen-bond donors (Lipinski definition) is 0. The fraction of sp³-hybridized carbons (Fsp3) is 0.0769. The van der Waals surface area contributed by atoms with Gasteiger partial charge in [-0.3, -0.25) is 4.79 Å². The van der Waals surface area contributed by atoms with Crippen molar-refractivity contribution >= 4 is 6.29 Å². The Morgan fingerprint density at radius 2 is 2.12 bits per heavy atom. The van der Waals surface area contributed by atoms with Crippen LogP contribution in [0.15, 0.2) is 36.5 Å². The molecule has 0 aliphatic heterocycles. The lowest BCUT2D eigenvalue weighted by atomic mass is 10.0. The number of pyridine rings is 1. The minimum absolute atomic E-state index is 0.352. The van der Waals surface area contributed by atoms with Gasteiger partial charge in [0, 0.05) is 29.0 Å². The molecule has 17 heavy (non-hydrogen) atoms. The van der Waals surface area contributed by atoms with Crippen LogP contribution in [0.4, 0.5) is 4.39 Å². The largest absolute Gasteiger partial charge is 0.481 e. The lowest BCUT2D eigenvalue weighted by Crippen LogP contribution is -1.90. The first-order valence-electron chi connectivity index (χ1n) is 4.99. The Morgan fingerprint density at radius 1 is 1.29 bits per heavy atom. The number of rotatable bonds is 3. The fourth-order valence-corrected chi connectivity index (χ4v) is 1.50. The molecule has 86 valence electrons. The van der Waals surface area contributed by atoms with Crippen molar-refractivity contribution in [1.29, 1.82) is 0 Å². The van der Waals surface area contributed by atoms with Crippen molar-refractivity contribution in [2.75, 3.05) is 7.11 Å². The van der Waals surface area contributed by atoms with Gasteiger partial charge in [-0.1, -0.05) is 0 Å². The van der Waals surface area contributed by atoms with Crippen LogP contribution in [0.25, 0.3) is 11.1 Å². The number of hydrogen-bond acceptors (Lipinski definition) is 3. The molecule has 3 nitrogen and oxygen atoms in total. The molecule has 0 fully saturated rings. The van der Waals surface area contributed by atoms with E-state index >= 15 is 0 Å². The maximum Gasteiger partial charge on any atom is 0.212 e. The van der Waals surface area contributed by atoms with Gasteiger partial charge in [-0.2, -0.15) is 0 Å². The molecular weight excluding hydrogens is 221 g/mol. The van der Waals surface area contributed by atoms with Crippen LogP contribution in [0.1, 0.15) is 10.4 Å². The molecule has 0 bridgehead atoms. The highest BCUT2D eigenvalue weighted by molar-refractivity contribution is 5.79. The van der Waals surface area contributed by atoms with Crippen LogP contribution in [0.2, 0.25) is 0 Å². The highest BCUT2D eigenvalue weighted by Crippen LogP contribution is 2.24. The molecule has 2 rings (SSSR count). The number of aldehydes is 1. The molecule has 4 heteroatoms. The van der Waals surface area contributed by atoms with E-state index in [4.69, 9.17) is 4.74 Å². The first-order chi connectivity index (χ1) is 8.24. The third kappa shape index (κ3) is 2.30. The molecule has 0 radical (unpaired) electrons. The Kier molecular flexibility index (Phi) is 3.14. The fourth-order valence-electron chi connectivity index (χ4n) is 1.50. The molecule has 0 atom stereocenters. The first-order valence-corrected chi connectivity index (χ1v) is 4.99. The zero-order chi connectivity index (χ0) is 12.3. The second kappa shape index (κ2) is 4.74. The van der Waals surface area contributed by atoms with Crippen molar-refractivity contribution < 1.29 is 13.9 Å². The number of ether oxygens (including phenoxy) is 1. The van der Waals surface area contributed by atoms with Crippen LogP contribution in [0.3, 0.4) is 0 Å². The molecule has 1 aromatic heterocycles. The van der Waals surface area contributed by atoms with E-state index in [1.165, 1.54) is 31.5 Å². The van der Waals surface area contributed by atoms with Crippen molar-refractivity contribution in [2.45, 2.75) is 0 Å². The number of nitrogens with zero attached hydrogens (tertiary/aromatic N) is 1. The molecule has 0 N–H and O–H groups in total. The second-order valence-electron chi connectivity index (χ2n) is 3.45. The quantitative estimate of drug-likeness (QED) is 0.762. The summed E-state index contributed by atoms with van der Waals surface area (Å²) >= 11 is 0. The third-order valence-electron chi connectivity index (χ3n) is 2.38. The van der Waals surface area contributed by atoms with Gasteiger partial charge >= 0.3 is 0 Å². The zero-order valence-electron chi connectivity index (χ0n) is 9.18. The summed E-state index contributed by atoms with van der Waals surface area (Å²) in [5, 5.41) is 0. The molecule has 0 saturated carbocycles. The first kappa shape index (κ1) is 11.3. The van der Waals surface area contributed by atoms with Crippen molar-refractivity contribution in [1.82, 2.24) is 4.98 Å². The van der Waals surface area contributed by atoms with E-state index in [2.05, 4.69) is 4.98 Å². The number of carbonyl (C=O) groups is 1. The molecule has 1 heterocycles. The van der Waals surface area contributed by atoms with Crippen molar-refractivity contribution in [3.63, 3.8) is 0 Å². The van der Waals surface area contributed by atoms with Gasteiger partial charge < -0.3 is 4.74 Å². The van der Waals surface area contributed by atoms with E-state index in [-0.39, 0.29) is 5.82 Å². The minimum Gasteiger partial charge on any atom is -0.481 e. The Balaban J connectivity index is 2.47. The Bertz CT molecular complexity index is 538. The normalized spacial score (nSPS) is 10.0. The number of methoxy groups -OCH3 is 1. The van der Waals surface area contributed by atoms with Gasteiger partial charge in [-0.15, -0.1) is 0 Å². The van der Waals surface area contributed by atoms with Crippen LogP contribution >= 0.6 is 0 Å². The monoisotopic (exact) mass is 231 g/mol. The molecule has 0 aliphatic rings. The maximum absolute atomic E-state index is 13.6. The van der Waals surface area contributed by atoms with Crippen LogP contribution in [0, 0.1) is 5.82 Å². The predicted octanol–water partition coefficient (Wildman–Crippen LogP) is 2.71. The molecule has 1 aromatic carbocycles. The summed E-state index contributed by atoms with van der Waals surface area (Å²) < 4.78 is 18.5. The summed E-state index contributed by atoms with van der Waals surface area (Å²) in [6.07, 6.45) is 2.19. The van der Waals surface area contributed by atoms with E-state index in [1.54, 1.807) is 12.1 Å². The number of aromatic nitrogens is 1. The van der Waals surface area contributed by atoms with Crippen LogP contribution < -0.4 is 4.74 Å². The maximum atomic E-state index is 13.6. The smallest absolute Gasteiger partial charge is 0.212 e. The average Bonchev–Trinajstić information content (AvgIpc) is 2.39.